The standard InChI is InChI=1S/C22H20FN5O2/c1-14-11-15(2)13-18(12-14)27-9-10-28-19(25-26-21(28)22(27)30)7-8-20(29)24-17-5-3-16(23)4-6-17/h3-6,9-13H,7-8H2,1-2H3,(H,24,29). The van der Waals surface area contributed by atoms with Crippen molar-refractivity contribution in [1.82, 2.24) is 19.2 Å². The molecule has 0 atom stereocenters. The van der Waals surface area contributed by atoms with Crippen molar-refractivity contribution in [3.8, 4) is 5.69 Å². The second kappa shape index (κ2) is 7.90. The molecule has 0 saturated heterocycles. The number of aromatic nitrogens is 4. The van der Waals surface area contributed by atoms with Crippen molar-refractivity contribution < 1.29 is 9.18 Å². The molecule has 2 heterocycles. The van der Waals surface area contributed by atoms with Gasteiger partial charge >= 0.3 is 5.56 Å². The van der Waals surface area contributed by atoms with Crippen LogP contribution in [-0.4, -0.2) is 25.1 Å². The van der Waals surface area contributed by atoms with Crippen LogP contribution in [0.1, 0.15) is 23.4 Å². The number of rotatable bonds is 5. The Bertz CT molecular complexity index is 1270. The molecule has 0 aliphatic carbocycles. The highest BCUT2D eigenvalue weighted by atomic mass is 19.1. The molecule has 1 N–H and O–H groups in total. The number of halogens is 1. The van der Waals surface area contributed by atoms with Crippen LogP contribution in [0.15, 0.2) is 59.7 Å². The van der Waals surface area contributed by atoms with Gasteiger partial charge in [0, 0.05) is 36.6 Å². The summed E-state index contributed by atoms with van der Waals surface area (Å²) < 4.78 is 16.1. The number of hydrogen-bond acceptors (Lipinski definition) is 4. The van der Waals surface area contributed by atoms with E-state index in [1.807, 2.05) is 32.0 Å². The first kappa shape index (κ1) is 19.5. The zero-order valence-electron chi connectivity index (χ0n) is 16.6. The maximum Gasteiger partial charge on any atom is 0.300 e. The van der Waals surface area contributed by atoms with Gasteiger partial charge in [0.2, 0.25) is 11.6 Å². The third-order valence-electron chi connectivity index (χ3n) is 4.73. The molecule has 2 aromatic carbocycles. The molecule has 0 spiro atoms. The van der Waals surface area contributed by atoms with E-state index in [0.717, 1.165) is 16.8 Å². The van der Waals surface area contributed by atoms with Gasteiger partial charge in [-0.1, -0.05) is 6.07 Å². The van der Waals surface area contributed by atoms with Gasteiger partial charge in [-0.25, -0.2) is 4.39 Å². The predicted molar refractivity (Wildman–Crippen MR) is 111 cm³/mol. The SMILES string of the molecule is Cc1cc(C)cc(-n2ccn3c(CCC(=O)Nc4ccc(F)cc4)nnc3c2=O)c1. The largest absolute Gasteiger partial charge is 0.326 e. The second-order valence-electron chi connectivity index (χ2n) is 7.18. The Labute approximate surface area is 171 Å². The van der Waals surface area contributed by atoms with Crippen molar-refractivity contribution in [3.05, 3.63) is 88.0 Å². The van der Waals surface area contributed by atoms with Crippen molar-refractivity contribution in [3.63, 3.8) is 0 Å². The average Bonchev–Trinajstić information content (AvgIpc) is 3.12. The molecule has 0 aliphatic rings. The lowest BCUT2D eigenvalue weighted by molar-refractivity contribution is -0.116. The van der Waals surface area contributed by atoms with E-state index >= 15 is 0 Å². The summed E-state index contributed by atoms with van der Waals surface area (Å²) >= 11 is 0. The molecule has 0 radical (unpaired) electrons. The fourth-order valence-corrected chi connectivity index (χ4v) is 3.38. The fraction of sp³-hybridized carbons (Fsp3) is 0.182. The molecule has 0 aliphatic heterocycles. The summed E-state index contributed by atoms with van der Waals surface area (Å²) in [6, 6.07) is 11.5. The Balaban J connectivity index is 1.53. The van der Waals surface area contributed by atoms with Gasteiger partial charge in [-0.15, -0.1) is 10.2 Å². The topological polar surface area (TPSA) is 81.3 Å². The van der Waals surface area contributed by atoms with E-state index < -0.39 is 0 Å². The van der Waals surface area contributed by atoms with Gasteiger partial charge in [-0.2, -0.15) is 0 Å². The Morgan fingerprint density at radius 3 is 2.43 bits per heavy atom. The highest BCUT2D eigenvalue weighted by Gasteiger charge is 2.13. The Kier molecular flexibility index (Phi) is 5.14. The van der Waals surface area contributed by atoms with Crippen LogP contribution in [0.2, 0.25) is 0 Å². The first-order chi connectivity index (χ1) is 14.4. The molecule has 8 heteroatoms. The minimum absolute atomic E-state index is 0.151. The maximum absolute atomic E-state index is 13.0. The maximum atomic E-state index is 13.0. The fourth-order valence-electron chi connectivity index (χ4n) is 3.38. The van der Waals surface area contributed by atoms with Crippen molar-refractivity contribution in [2.45, 2.75) is 26.7 Å². The van der Waals surface area contributed by atoms with Crippen LogP contribution < -0.4 is 10.9 Å². The number of aryl methyl sites for hydroxylation is 3. The molecule has 30 heavy (non-hydrogen) atoms. The molecule has 0 bridgehead atoms. The Morgan fingerprint density at radius 2 is 1.73 bits per heavy atom. The van der Waals surface area contributed by atoms with Crippen LogP contribution in [0.4, 0.5) is 10.1 Å². The summed E-state index contributed by atoms with van der Waals surface area (Å²) in [5.74, 6) is -0.0831. The van der Waals surface area contributed by atoms with Crippen molar-refractivity contribution in [1.29, 1.82) is 0 Å². The van der Waals surface area contributed by atoms with E-state index in [1.165, 1.54) is 28.8 Å². The summed E-state index contributed by atoms with van der Waals surface area (Å²) in [5, 5.41) is 10.8. The molecule has 0 fully saturated rings. The minimum Gasteiger partial charge on any atom is -0.326 e. The molecule has 1 amide bonds. The molecule has 4 aromatic rings. The number of nitrogens with zero attached hydrogens (tertiary/aromatic N) is 4. The summed E-state index contributed by atoms with van der Waals surface area (Å²) in [6.07, 6.45) is 3.86. The van der Waals surface area contributed by atoms with Crippen LogP contribution in [-0.2, 0) is 11.2 Å². The average molecular weight is 405 g/mol. The van der Waals surface area contributed by atoms with Crippen molar-refractivity contribution >= 4 is 17.2 Å². The molecular formula is C22H20FN5O2. The zero-order chi connectivity index (χ0) is 21.3. The second-order valence-corrected chi connectivity index (χ2v) is 7.18. The van der Waals surface area contributed by atoms with Crippen LogP contribution in [0.3, 0.4) is 0 Å². The molecule has 0 unspecified atom stereocenters. The summed E-state index contributed by atoms with van der Waals surface area (Å²) in [5.41, 5.74) is 3.33. The summed E-state index contributed by atoms with van der Waals surface area (Å²) in [7, 11) is 0. The minimum atomic E-state index is -0.366. The lowest BCUT2D eigenvalue weighted by atomic mass is 10.1. The van der Waals surface area contributed by atoms with Gasteiger partial charge in [0.05, 0.1) is 0 Å². The van der Waals surface area contributed by atoms with Crippen LogP contribution >= 0.6 is 0 Å². The van der Waals surface area contributed by atoms with E-state index in [2.05, 4.69) is 15.5 Å². The van der Waals surface area contributed by atoms with Crippen molar-refractivity contribution in [2.75, 3.05) is 5.32 Å². The first-order valence-electron chi connectivity index (χ1n) is 9.50. The van der Waals surface area contributed by atoms with E-state index in [-0.39, 0.29) is 29.4 Å². The highest BCUT2D eigenvalue weighted by molar-refractivity contribution is 5.90. The number of fused-ring (bicyclic) bond motifs is 1. The van der Waals surface area contributed by atoms with E-state index in [0.29, 0.717) is 17.9 Å². The van der Waals surface area contributed by atoms with Gasteiger partial charge < -0.3 is 5.32 Å². The number of benzene rings is 2. The molecule has 0 saturated carbocycles. The molecule has 4 rings (SSSR count). The third kappa shape index (κ3) is 3.98. The van der Waals surface area contributed by atoms with Gasteiger partial charge in [0.15, 0.2) is 0 Å². The molecule has 2 aromatic heterocycles. The monoisotopic (exact) mass is 405 g/mol. The highest BCUT2D eigenvalue weighted by Crippen LogP contribution is 2.13. The molecule has 152 valence electrons. The Hall–Kier alpha value is -3.81. The predicted octanol–water partition coefficient (Wildman–Crippen LogP) is 3.21. The smallest absolute Gasteiger partial charge is 0.300 e. The number of amides is 1. The third-order valence-corrected chi connectivity index (χ3v) is 4.73. The lowest BCUT2D eigenvalue weighted by Gasteiger charge is -2.09. The number of anilines is 1. The number of nitrogens with one attached hydrogen (secondary N) is 1. The van der Waals surface area contributed by atoms with Crippen LogP contribution in [0.5, 0.6) is 0 Å². The van der Waals surface area contributed by atoms with Gasteiger partial charge in [0.25, 0.3) is 0 Å². The summed E-state index contributed by atoms with van der Waals surface area (Å²) in [6.45, 7) is 3.96. The van der Waals surface area contributed by atoms with Crippen molar-refractivity contribution in [2.24, 2.45) is 0 Å². The van der Waals surface area contributed by atoms with Gasteiger partial charge in [-0.3, -0.25) is 18.6 Å². The molecule has 7 nitrogen and oxygen atoms in total. The van der Waals surface area contributed by atoms with E-state index in [1.54, 1.807) is 16.8 Å². The number of carbonyl (C=O) groups excluding carboxylic acids is 1. The van der Waals surface area contributed by atoms with E-state index in [9.17, 15) is 14.0 Å². The quantitative estimate of drug-likeness (QED) is 0.553. The lowest BCUT2D eigenvalue weighted by Crippen LogP contribution is -2.20. The zero-order valence-corrected chi connectivity index (χ0v) is 16.6. The van der Waals surface area contributed by atoms with Crippen LogP contribution in [0, 0.1) is 19.7 Å². The van der Waals surface area contributed by atoms with E-state index in [4.69, 9.17) is 0 Å². The first-order valence-corrected chi connectivity index (χ1v) is 9.50. The number of carbonyl (C=O) groups is 1. The number of hydrogen-bond donors (Lipinski definition) is 1. The molecular weight excluding hydrogens is 385 g/mol. The summed E-state index contributed by atoms with van der Waals surface area (Å²) in [4.78, 5) is 25.1. The van der Waals surface area contributed by atoms with Crippen LogP contribution in [0.25, 0.3) is 11.3 Å². The van der Waals surface area contributed by atoms with Gasteiger partial charge in [-0.05, 0) is 61.4 Å². The van der Waals surface area contributed by atoms with Gasteiger partial charge in [0.1, 0.15) is 11.6 Å². The normalized spacial score (nSPS) is 11.0. The Morgan fingerprint density at radius 1 is 1.03 bits per heavy atom.